The number of nitrogens with zero attached hydrogens (tertiary/aromatic N) is 2. The van der Waals surface area contributed by atoms with Gasteiger partial charge >= 0.3 is 0 Å². The van der Waals surface area contributed by atoms with Crippen molar-refractivity contribution in [1.82, 2.24) is 20.2 Å². The Balaban J connectivity index is 1.81. The quantitative estimate of drug-likeness (QED) is 0.787. The number of thioether (sulfide) groups is 1. The second-order valence-electron chi connectivity index (χ2n) is 4.69. The molecule has 110 valence electrons. The molecule has 0 spiro atoms. The summed E-state index contributed by atoms with van der Waals surface area (Å²) in [4.78, 5) is 27.9. The van der Waals surface area contributed by atoms with Crippen LogP contribution in [0.4, 0.5) is 0 Å². The summed E-state index contributed by atoms with van der Waals surface area (Å²) in [6.07, 6.45) is 6.26. The molecule has 1 aliphatic heterocycles. The fourth-order valence-corrected chi connectivity index (χ4v) is 2.95. The van der Waals surface area contributed by atoms with Crippen LogP contribution in [-0.2, 0) is 16.1 Å². The van der Waals surface area contributed by atoms with E-state index in [2.05, 4.69) is 15.6 Å². The normalized spacial score (nSPS) is 19.2. The molecule has 0 unspecified atom stereocenters. The summed E-state index contributed by atoms with van der Waals surface area (Å²) in [5.41, 5.74) is 0. The summed E-state index contributed by atoms with van der Waals surface area (Å²) in [6, 6.07) is -0.392. The number of carbonyl (C=O) groups excluding carboxylic acids is 2. The van der Waals surface area contributed by atoms with Crippen LogP contribution in [0.15, 0.2) is 17.6 Å². The van der Waals surface area contributed by atoms with Crippen molar-refractivity contribution in [2.24, 2.45) is 0 Å². The summed E-state index contributed by atoms with van der Waals surface area (Å²) >= 11 is 1.39. The predicted octanol–water partition coefficient (Wildman–Crippen LogP) is 0.780. The Kier molecular flexibility index (Phi) is 5.46. The predicted molar refractivity (Wildman–Crippen MR) is 77.4 cm³/mol. The minimum absolute atomic E-state index is 0.0732. The monoisotopic (exact) mass is 296 g/mol. The van der Waals surface area contributed by atoms with E-state index in [4.69, 9.17) is 0 Å². The molecule has 6 nitrogen and oxygen atoms in total. The first-order chi connectivity index (χ1) is 9.70. The van der Waals surface area contributed by atoms with E-state index in [1.165, 1.54) is 11.8 Å². The van der Waals surface area contributed by atoms with E-state index in [0.717, 1.165) is 24.5 Å². The number of hydrogen-bond donors (Lipinski definition) is 2. The first kappa shape index (κ1) is 14.9. The molecule has 0 saturated carbocycles. The molecular weight excluding hydrogens is 276 g/mol. The van der Waals surface area contributed by atoms with Crippen LogP contribution in [0.1, 0.15) is 26.2 Å². The first-order valence-electron chi connectivity index (χ1n) is 6.91. The average molecular weight is 296 g/mol. The lowest BCUT2D eigenvalue weighted by Crippen LogP contribution is -2.46. The fraction of sp³-hybridized carbons (Fsp3) is 0.615. The highest BCUT2D eigenvalue weighted by molar-refractivity contribution is 7.99. The van der Waals surface area contributed by atoms with Crippen LogP contribution in [0.2, 0.25) is 0 Å². The van der Waals surface area contributed by atoms with Gasteiger partial charge in [-0.1, -0.05) is 11.8 Å². The Morgan fingerprint density at radius 3 is 3.25 bits per heavy atom. The van der Waals surface area contributed by atoms with Gasteiger partial charge in [0.2, 0.25) is 11.8 Å². The van der Waals surface area contributed by atoms with Crippen molar-refractivity contribution in [2.45, 2.75) is 43.9 Å². The van der Waals surface area contributed by atoms with E-state index in [0.29, 0.717) is 13.0 Å². The highest BCUT2D eigenvalue weighted by Gasteiger charge is 2.22. The van der Waals surface area contributed by atoms with E-state index in [9.17, 15) is 9.59 Å². The molecule has 20 heavy (non-hydrogen) atoms. The highest BCUT2D eigenvalue weighted by Crippen LogP contribution is 2.15. The summed E-state index contributed by atoms with van der Waals surface area (Å²) in [5, 5.41) is 6.44. The van der Waals surface area contributed by atoms with Crippen molar-refractivity contribution in [3.05, 3.63) is 12.4 Å². The number of rotatable bonds is 5. The maximum absolute atomic E-state index is 11.9. The lowest BCUT2D eigenvalue weighted by Gasteiger charge is -2.14. The SMILES string of the molecule is CCn1ccnc1SCC(=O)N[C@H]1CCCCNC1=O. The zero-order chi connectivity index (χ0) is 14.4. The number of nitrogens with one attached hydrogen (secondary N) is 2. The number of imidazole rings is 1. The topological polar surface area (TPSA) is 76.0 Å². The molecular formula is C13H20N4O2S. The summed E-state index contributed by atoms with van der Waals surface area (Å²) < 4.78 is 1.98. The molecule has 0 aliphatic carbocycles. The lowest BCUT2D eigenvalue weighted by atomic mass is 10.1. The standard InChI is InChI=1S/C13H20N4O2S/c1-2-17-8-7-15-13(17)20-9-11(18)16-10-5-3-4-6-14-12(10)19/h7-8,10H,2-6,9H2,1H3,(H,14,19)(H,16,18)/t10-/m0/s1. The summed E-state index contributed by atoms with van der Waals surface area (Å²) in [6.45, 7) is 3.56. The molecule has 7 heteroatoms. The third-order valence-corrected chi connectivity index (χ3v) is 4.23. The third kappa shape index (κ3) is 4.00. The van der Waals surface area contributed by atoms with Gasteiger partial charge < -0.3 is 15.2 Å². The number of aryl methyl sites for hydroxylation is 1. The van der Waals surface area contributed by atoms with Gasteiger partial charge in [-0.2, -0.15) is 0 Å². The van der Waals surface area contributed by atoms with Crippen molar-refractivity contribution in [3.8, 4) is 0 Å². The summed E-state index contributed by atoms with van der Waals surface area (Å²) in [7, 11) is 0. The largest absolute Gasteiger partial charge is 0.354 e. The Morgan fingerprint density at radius 1 is 1.60 bits per heavy atom. The molecule has 2 heterocycles. The molecule has 2 N–H and O–H groups in total. The van der Waals surface area contributed by atoms with Gasteiger partial charge in [-0.25, -0.2) is 4.98 Å². The van der Waals surface area contributed by atoms with Crippen molar-refractivity contribution in [2.75, 3.05) is 12.3 Å². The minimum Gasteiger partial charge on any atom is -0.354 e. The zero-order valence-corrected chi connectivity index (χ0v) is 12.4. The van der Waals surface area contributed by atoms with E-state index >= 15 is 0 Å². The van der Waals surface area contributed by atoms with Gasteiger partial charge in [0, 0.05) is 25.5 Å². The van der Waals surface area contributed by atoms with Crippen molar-refractivity contribution >= 4 is 23.6 Å². The maximum atomic E-state index is 11.9. The molecule has 0 bridgehead atoms. The molecule has 2 amide bonds. The van der Waals surface area contributed by atoms with Gasteiger partial charge in [-0.15, -0.1) is 0 Å². The van der Waals surface area contributed by atoms with Gasteiger partial charge in [0.05, 0.1) is 5.75 Å². The highest BCUT2D eigenvalue weighted by atomic mass is 32.2. The number of carbonyl (C=O) groups is 2. The maximum Gasteiger partial charge on any atom is 0.242 e. The van der Waals surface area contributed by atoms with E-state index < -0.39 is 6.04 Å². The van der Waals surface area contributed by atoms with Crippen molar-refractivity contribution in [1.29, 1.82) is 0 Å². The van der Waals surface area contributed by atoms with Crippen LogP contribution in [-0.4, -0.2) is 39.7 Å². The zero-order valence-electron chi connectivity index (χ0n) is 11.6. The Hall–Kier alpha value is -1.50. The van der Waals surface area contributed by atoms with Crippen molar-refractivity contribution < 1.29 is 9.59 Å². The molecule has 0 aromatic carbocycles. The smallest absolute Gasteiger partial charge is 0.242 e. The minimum atomic E-state index is -0.392. The Morgan fingerprint density at radius 2 is 2.45 bits per heavy atom. The van der Waals surface area contributed by atoms with Gasteiger partial charge in [0.25, 0.3) is 0 Å². The molecule has 0 radical (unpaired) electrons. The molecule has 1 aromatic rings. The van der Waals surface area contributed by atoms with E-state index in [1.807, 2.05) is 17.7 Å². The summed E-state index contributed by atoms with van der Waals surface area (Å²) in [5.74, 6) is 0.0828. The Labute approximate surface area is 122 Å². The van der Waals surface area contributed by atoms with Crippen LogP contribution in [0.3, 0.4) is 0 Å². The molecule has 1 aliphatic rings. The first-order valence-corrected chi connectivity index (χ1v) is 7.90. The van der Waals surface area contributed by atoms with Gasteiger partial charge in [0.15, 0.2) is 5.16 Å². The second-order valence-corrected chi connectivity index (χ2v) is 5.63. The van der Waals surface area contributed by atoms with Gasteiger partial charge in [-0.3, -0.25) is 9.59 Å². The van der Waals surface area contributed by atoms with Gasteiger partial charge in [0.1, 0.15) is 6.04 Å². The molecule has 1 aromatic heterocycles. The third-order valence-electron chi connectivity index (χ3n) is 3.22. The van der Waals surface area contributed by atoms with Crippen LogP contribution in [0.25, 0.3) is 0 Å². The molecule has 2 rings (SSSR count). The molecule has 1 atom stereocenters. The van der Waals surface area contributed by atoms with Crippen LogP contribution in [0.5, 0.6) is 0 Å². The number of hydrogen-bond acceptors (Lipinski definition) is 4. The molecule has 1 saturated heterocycles. The number of aromatic nitrogens is 2. The van der Waals surface area contributed by atoms with E-state index in [1.54, 1.807) is 6.20 Å². The number of amides is 2. The molecule has 1 fully saturated rings. The van der Waals surface area contributed by atoms with E-state index in [-0.39, 0.29) is 17.6 Å². The second kappa shape index (κ2) is 7.33. The van der Waals surface area contributed by atoms with Crippen LogP contribution >= 0.6 is 11.8 Å². The van der Waals surface area contributed by atoms with Gasteiger partial charge in [-0.05, 0) is 26.2 Å². The lowest BCUT2D eigenvalue weighted by molar-refractivity contribution is -0.127. The van der Waals surface area contributed by atoms with Crippen LogP contribution < -0.4 is 10.6 Å². The average Bonchev–Trinajstić information content (AvgIpc) is 2.81. The fourth-order valence-electron chi connectivity index (χ4n) is 2.12. The van der Waals surface area contributed by atoms with Crippen molar-refractivity contribution in [3.63, 3.8) is 0 Å². The Bertz CT molecular complexity index is 475. The van der Waals surface area contributed by atoms with Crippen LogP contribution in [0, 0.1) is 0 Å².